The smallest absolute Gasteiger partial charge is 0.267 e. The number of aryl methyl sites for hydroxylation is 1. The van der Waals surface area contributed by atoms with E-state index in [1.165, 1.54) is 4.90 Å². The van der Waals surface area contributed by atoms with Crippen LogP contribution in [0.15, 0.2) is 47.4 Å². The minimum absolute atomic E-state index is 0.180. The summed E-state index contributed by atoms with van der Waals surface area (Å²) < 4.78 is 33.0. The zero-order valence-corrected chi connectivity index (χ0v) is 14.4. The molecule has 6 nitrogen and oxygen atoms in total. The van der Waals surface area contributed by atoms with Gasteiger partial charge in [-0.2, -0.15) is 0 Å². The van der Waals surface area contributed by atoms with Crippen molar-refractivity contribution in [2.75, 3.05) is 16.7 Å². The summed E-state index contributed by atoms with van der Waals surface area (Å²) in [5.41, 5.74) is 1.88. The van der Waals surface area contributed by atoms with Gasteiger partial charge < -0.3 is 9.64 Å². The molecule has 3 rings (SSSR count). The number of nitrogens with one attached hydrogen (secondary N) is 1. The van der Waals surface area contributed by atoms with Crippen LogP contribution in [0.3, 0.4) is 0 Å². The minimum atomic E-state index is -3.69. The monoisotopic (exact) mass is 346 g/mol. The Kier molecular flexibility index (Phi) is 3.96. The van der Waals surface area contributed by atoms with E-state index >= 15 is 0 Å². The average molecular weight is 346 g/mol. The normalized spacial score (nSPS) is 17.2. The van der Waals surface area contributed by atoms with Gasteiger partial charge in [-0.15, -0.1) is 0 Å². The molecule has 1 heterocycles. The van der Waals surface area contributed by atoms with Crippen LogP contribution in [-0.2, 0) is 14.8 Å². The number of carbonyl (C=O) groups excluding carboxylic acids is 1. The highest BCUT2D eigenvalue weighted by Gasteiger charge is 2.29. The Morgan fingerprint density at radius 3 is 2.46 bits per heavy atom. The number of sulfonamides is 1. The van der Waals surface area contributed by atoms with E-state index in [2.05, 4.69) is 4.72 Å². The summed E-state index contributed by atoms with van der Waals surface area (Å²) in [6.45, 7) is 3.57. The second-order valence-electron chi connectivity index (χ2n) is 5.76. The van der Waals surface area contributed by atoms with Crippen molar-refractivity contribution in [3.8, 4) is 5.75 Å². The molecule has 2 aromatic carbocycles. The van der Waals surface area contributed by atoms with Crippen molar-refractivity contribution >= 4 is 27.3 Å². The van der Waals surface area contributed by atoms with E-state index in [0.29, 0.717) is 17.1 Å². The fraction of sp³-hybridized carbons (Fsp3) is 0.235. The molecule has 1 unspecified atom stereocenters. The summed E-state index contributed by atoms with van der Waals surface area (Å²) in [6.07, 6.45) is -0.558. The van der Waals surface area contributed by atoms with Gasteiger partial charge in [-0.05, 0) is 44.2 Å². The molecule has 0 aliphatic carbocycles. The van der Waals surface area contributed by atoms with Gasteiger partial charge in [-0.3, -0.25) is 9.52 Å². The quantitative estimate of drug-likeness (QED) is 0.927. The molecule has 24 heavy (non-hydrogen) atoms. The number of anilines is 2. The molecule has 0 aromatic heterocycles. The molecule has 0 bridgehead atoms. The number of ether oxygens (including phenoxy) is 1. The molecule has 1 aliphatic heterocycles. The standard InChI is InChI=1S/C17H18N2O4S/c1-11-4-7-14(8-5-11)24(21,22)18-13-6-9-16-15(10-13)19(3)17(20)12(2)23-16/h4-10,12,18H,1-3H3. The van der Waals surface area contributed by atoms with E-state index < -0.39 is 16.1 Å². The van der Waals surface area contributed by atoms with Gasteiger partial charge in [-0.1, -0.05) is 17.7 Å². The van der Waals surface area contributed by atoms with Crippen LogP contribution in [0, 0.1) is 6.92 Å². The third kappa shape index (κ3) is 2.94. The first-order valence-electron chi connectivity index (χ1n) is 7.46. The molecule has 0 saturated heterocycles. The minimum Gasteiger partial charge on any atom is -0.479 e. The molecular formula is C17H18N2O4S. The molecule has 1 aliphatic rings. The van der Waals surface area contributed by atoms with Crippen LogP contribution >= 0.6 is 0 Å². The Morgan fingerprint density at radius 2 is 1.79 bits per heavy atom. The van der Waals surface area contributed by atoms with Crippen LogP contribution in [0.4, 0.5) is 11.4 Å². The number of likely N-dealkylation sites (N-methyl/N-ethyl adjacent to an activating group) is 1. The van der Waals surface area contributed by atoms with Crippen molar-refractivity contribution in [2.24, 2.45) is 0 Å². The summed E-state index contributed by atoms with van der Waals surface area (Å²) in [6, 6.07) is 11.4. The number of nitrogens with zero attached hydrogens (tertiary/aromatic N) is 1. The summed E-state index contributed by atoms with van der Waals surface area (Å²) in [5, 5.41) is 0. The van der Waals surface area contributed by atoms with Gasteiger partial charge in [0.25, 0.3) is 15.9 Å². The lowest BCUT2D eigenvalue weighted by Gasteiger charge is -2.30. The van der Waals surface area contributed by atoms with Crippen molar-refractivity contribution in [2.45, 2.75) is 24.8 Å². The first kappa shape index (κ1) is 16.3. The SMILES string of the molecule is Cc1ccc(S(=O)(=O)Nc2ccc3c(c2)N(C)C(=O)C(C)O3)cc1. The first-order chi connectivity index (χ1) is 11.3. The van der Waals surface area contributed by atoms with E-state index in [0.717, 1.165) is 5.56 Å². The molecule has 7 heteroatoms. The topological polar surface area (TPSA) is 75.7 Å². The van der Waals surface area contributed by atoms with Gasteiger partial charge in [-0.25, -0.2) is 8.42 Å². The second kappa shape index (κ2) is 5.83. The highest BCUT2D eigenvalue weighted by atomic mass is 32.2. The highest BCUT2D eigenvalue weighted by Crippen LogP contribution is 2.35. The summed E-state index contributed by atoms with van der Waals surface area (Å²) in [4.78, 5) is 13.6. The predicted octanol–water partition coefficient (Wildman–Crippen LogP) is 2.54. The molecule has 0 saturated carbocycles. The largest absolute Gasteiger partial charge is 0.479 e. The van der Waals surface area contributed by atoms with E-state index in [1.54, 1.807) is 56.4 Å². The van der Waals surface area contributed by atoms with Crippen LogP contribution < -0.4 is 14.4 Å². The maximum absolute atomic E-state index is 12.5. The van der Waals surface area contributed by atoms with Gasteiger partial charge in [0.05, 0.1) is 16.3 Å². The molecule has 1 N–H and O–H groups in total. The van der Waals surface area contributed by atoms with Crippen LogP contribution in [0.2, 0.25) is 0 Å². The maximum atomic E-state index is 12.5. The van der Waals surface area contributed by atoms with E-state index in [1.807, 2.05) is 6.92 Å². The van der Waals surface area contributed by atoms with Gasteiger partial charge >= 0.3 is 0 Å². The van der Waals surface area contributed by atoms with Gasteiger partial charge in [0, 0.05) is 7.05 Å². The third-order valence-electron chi connectivity index (χ3n) is 3.89. The summed E-state index contributed by atoms with van der Waals surface area (Å²) in [5.74, 6) is 0.365. The lowest BCUT2D eigenvalue weighted by atomic mass is 10.2. The van der Waals surface area contributed by atoms with Crippen molar-refractivity contribution in [3.63, 3.8) is 0 Å². The Bertz CT molecular complexity index is 891. The van der Waals surface area contributed by atoms with Crippen LogP contribution in [0.25, 0.3) is 0 Å². The van der Waals surface area contributed by atoms with Crippen LogP contribution in [-0.4, -0.2) is 27.5 Å². The lowest BCUT2D eigenvalue weighted by Crippen LogP contribution is -2.41. The van der Waals surface area contributed by atoms with Crippen molar-refractivity contribution in [1.82, 2.24) is 0 Å². The van der Waals surface area contributed by atoms with E-state index in [4.69, 9.17) is 4.74 Å². The molecule has 1 amide bonds. The Labute approximate surface area is 141 Å². The first-order valence-corrected chi connectivity index (χ1v) is 8.94. The number of hydrogen-bond acceptors (Lipinski definition) is 4. The van der Waals surface area contributed by atoms with Crippen LogP contribution in [0.5, 0.6) is 5.75 Å². The molecule has 2 aromatic rings. The van der Waals surface area contributed by atoms with Crippen LogP contribution in [0.1, 0.15) is 12.5 Å². The highest BCUT2D eigenvalue weighted by molar-refractivity contribution is 7.92. The number of fused-ring (bicyclic) bond motifs is 1. The molecule has 0 radical (unpaired) electrons. The zero-order valence-electron chi connectivity index (χ0n) is 13.6. The van der Waals surface area contributed by atoms with Gasteiger partial charge in [0.15, 0.2) is 6.10 Å². The lowest BCUT2D eigenvalue weighted by molar-refractivity contribution is -0.125. The number of hydrogen-bond donors (Lipinski definition) is 1. The fourth-order valence-corrected chi connectivity index (χ4v) is 3.56. The summed E-state index contributed by atoms with van der Waals surface area (Å²) >= 11 is 0. The Morgan fingerprint density at radius 1 is 1.12 bits per heavy atom. The number of amides is 1. The van der Waals surface area contributed by atoms with Gasteiger partial charge in [0.2, 0.25) is 0 Å². The van der Waals surface area contributed by atoms with Gasteiger partial charge in [0.1, 0.15) is 5.75 Å². The second-order valence-corrected chi connectivity index (χ2v) is 7.44. The van der Waals surface area contributed by atoms with E-state index in [9.17, 15) is 13.2 Å². The predicted molar refractivity (Wildman–Crippen MR) is 91.9 cm³/mol. The molecular weight excluding hydrogens is 328 g/mol. The maximum Gasteiger partial charge on any atom is 0.267 e. The Hall–Kier alpha value is -2.54. The zero-order chi connectivity index (χ0) is 17.5. The van der Waals surface area contributed by atoms with E-state index in [-0.39, 0.29) is 10.8 Å². The number of benzene rings is 2. The Balaban J connectivity index is 1.92. The fourth-order valence-electron chi connectivity index (χ4n) is 2.51. The molecule has 1 atom stereocenters. The van der Waals surface area contributed by atoms with Crippen molar-refractivity contribution in [1.29, 1.82) is 0 Å². The number of carbonyl (C=O) groups is 1. The van der Waals surface area contributed by atoms with Crippen molar-refractivity contribution in [3.05, 3.63) is 48.0 Å². The summed E-state index contributed by atoms with van der Waals surface area (Å²) in [7, 11) is -2.06. The molecule has 0 fully saturated rings. The molecule has 126 valence electrons. The molecule has 0 spiro atoms. The number of rotatable bonds is 3. The van der Waals surface area contributed by atoms with Crippen molar-refractivity contribution < 1.29 is 17.9 Å². The average Bonchev–Trinajstić information content (AvgIpc) is 2.53. The third-order valence-corrected chi connectivity index (χ3v) is 5.28.